The highest BCUT2D eigenvalue weighted by atomic mass is 16.4. The molecule has 22 heavy (non-hydrogen) atoms. The molecule has 0 aliphatic rings. The van der Waals surface area contributed by atoms with E-state index in [1.54, 1.807) is 24.5 Å². The number of hydrogen-bond acceptors (Lipinski definition) is 4. The van der Waals surface area contributed by atoms with Crippen molar-refractivity contribution in [3.8, 4) is 22.8 Å². The molecule has 0 aliphatic heterocycles. The van der Waals surface area contributed by atoms with Crippen LogP contribution in [0.3, 0.4) is 0 Å². The number of aryl methyl sites for hydroxylation is 1. The third-order valence-electron chi connectivity index (χ3n) is 3.17. The van der Waals surface area contributed by atoms with Gasteiger partial charge in [-0.1, -0.05) is 12.1 Å². The van der Waals surface area contributed by atoms with Crippen molar-refractivity contribution in [3.63, 3.8) is 0 Å². The highest BCUT2D eigenvalue weighted by Gasteiger charge is 2.12. The molecule has 0 bridgehead atoms. The van der Waals surface area contributed by atoms with Gasteiger partial charge in [0, 0.05) is 12.4 Å². The van der Waals surface area contributed by atoms with E-state index in [1.807, 2.05) is 25.1 Å². The Hall–Kier alpha value is -3.08. The molecule has 3 heterocycles. The molecule has 0 saturated heterocycles. The van der Waals surface area contributed by atoms with Crippen LogP contribution in [-0.4, -0.2) is 26.0 Å². The second-order valence-corrected chi connectivity index (χ2v) is 4.87. The van der Waals surface area contributed by atoms with Crippen molar-refractivity contribution in [2.45, 2.75) is 6.92 Å². The van der Waals surface area contributed by atoms with Gasteiger partial charge >= 0.3 is 5.97 Å². The molecule has 0 unspecified atom stereocenters. The minimum atomic E-state index is -1.01. The van der Waals surface area contributed by atoms with Crippen LogP contribution >= 0.6 is 0 Å². The third kappa shape index (κ3) is 2.83. The highest BCUT2D eigenvalue weighted by Crippen LogP contribution is 2.22. The van der Waals surface area contributed by atoms with Crippen molar-refractivity contribution >= 4 is 5.97 Å². The Kier molecular flexibility index (Phi) is 3.62. The first-order valence-corrected chi connectivity index (χ1v) is 6.73. The van der Waals surface area contributed by atoms with Crippen LogP contribution in [-0.2, 0) is 0 Å². The van der Waals surface area contributed by atoms with Crippen molar-refractivity contribution < 1.29 is 9.90 Å². The fourth-order valence-electron chi connectivity index (χ4n) is 2.05. The molecule has 5 nitrogen and oxygen atoms in total. The van der Waals surface area contributed by atoms with Gasteiger partial charge in [-0.05, 0) is 42.8 Å². The van der Waals surface area contributed by atoms with E-state index in [9.17, 15) is 9.90 Å². The van der Waals surface area contributed by atoms with Gasteiger partial charge in [-0.3, -0.25) is 9.97 Å². The Morgan fingerprint density at radius 3 is 2.23 bits per heavy atom. The van der Waals surface area contributed by atoms with Crippen LogP contribution in [0.4, 0.5) is 0 Å². The van der Waals surface area contributed by atoms with Gasteiger partial charge < -0.3 is 5.11 Å². The van der Waals surface area contributed by atoms with Gasteiger partial charge in [0.15, 0.2) is 0 Å². The summed E-state index contributed by atoms with van der Waals surface area (Å²) in [6.45, 7) is 1.94. The molecule has 0 radical (unpaired) electrons. The van der Waals surface area contributed by atoms with E-state index < -0.39 is 5.97 Å². The average Bonchev–Trinajstić information content (AvgIpc) is 2.56. The normalized spacial score (nSPS) is 10.4. The lowest BCUT2D eigenvalue weighted by Crippen LogP contribution is -2.01. The van der Waals surface area contributed by atoms with Gasteiger partial charge in [-0.25, -0.2) is 9.78 Å². The Labute approximate surface area is 127 Å². The van der Waals surface area contributed by atoms with Gasteiger partial charge in [-0.15, -0.1) is 0 Å². The first-order chi connectivity index (χ1) is 10.6. The molecule has 3 aromatic heterocycles. The predicted molar refractivity (Wildman–Crippen MR) is 82.4 cm³/mol. The quantitative estimate of drug-likeness (QED) is 0.801. The van der Waals surface area contributed by atoms with Crippen molar-refractivity contribution in [3.05, 3.63) is 66.0 Å². The van der Waals surface area contributed by atoms with Crippen LogP contribution in [0.1, 0.15) is 15.9 Å². The lowest BCUT2D eigenvalue weighted by molar-refractivity contribution is 0.0697. The van der Waals surface area contributed by atoms with Crippen molar-refractivity contribution in [2.75, 3.05) is 0 Å². The molecule has 1 N–H and O–H groups in total. The number of rotatable bonds is 3. The summed E-state index contributed by atoms with van der Waals surface area (Å²) in [5, 5.41) is 9.30. The number of hydrogen-bond donors (Lipinski definition) is 1. The number of pyridine rings is 3. The van der Waals surface area contributed by atoms with E-state index in [1.165, 1.54) is 12.1 Å². The SMILES string of the molecule is Cc1ccc(-c2cc(C(=O)O)cc(-c3ccccn3)n2)nc1. The molecule has 0 aromatic carbocycles. The van der Waals surface area contributed by atoms with E-state index in [4.69, 9.17) is 0 Å². The summed E-state index contributed by atoms with van der Waals surface area (Å²) in [4.78, 5) is 24.4. The summed E-state index contributed by atoms with van der Waals surface area (Å²) < 4.78 is 0. The number of carboxylic acids is 1. The van der Waals surface area contributed by atoms with Crippen molar-refractivity contribution in [1.82, 2.24) is 15.0 Å². The van der Waals surface area contributed by atoms with E-state index >= 15 is 0 Å². The van der Waals surface area contributed by atoms with Gasteiger partial charge in [0.1, 0.15) is 0 Å². The van der Waals surface area contributed by atoms with E-state index in [0.717, 1.165) is 5.56 Å². The topological polar surface area (TPSA) is 76.0 Å². The molecular weight excluding hydrogens is 278 g/mol. The Bertz CT molecular complexity index is 815. The van der Waals surface area contributed by atoms with Crippen LogP contribution in [0.15, 0.2) is 54.9 Å². The van der Waals surface area contributed by atoms with Crippen LogP contribution in [0.25, 0.3) is 22.8 Å². The zero-order valence-electron chi connectivity index (χ0n) is 11.9. The molecule has 0 fully saturated rings. The van der Waals surface area contributed by atoms with E-state index in [0.29, 0.717) is 22.8 Å². The number of aromatic carboxylic acids is 1. The van der Waals surface area contributed by atoms with Gasteiger partial charge in [-0.2, -0.15) is 0 Å². The second kappa shape index (κ2) is 5.73. The highest BCUT2D eigenvalue weighted by molar-refractivity contribution is 5.90. The number of nitrogens with zero attached hydrogens (tertiary/aromatic N) is 3. The maximum Gasteiger partial charge on any atom is 0.335 e. The molecule has 5 heteroatoms. The number of carbonyl (C=O) groups is 1. The fourth-order valence-corrected chi connectivity index (χ4v) is 2.05. The maximum absolute atomic E-state index is 11.4. The van der Waals surface area contributed by atoms with Crippen LogP contribution in [0.2, 0.25) is 0 Å². The molecule has 3 rings (SSSR count). The molecule has 0 spiro atoms. The van der Waals surface area contributed by atoms with Crippen molar-refractivity contribution in [2.24, 2.45) is 0 Å². The summed E-state index contributed by atoms with van der Waals surface area (Å²) in [7, 11) is 0. The Morgan fingerprint density at radius 2 is 1.68 bits per heavy atom. The first-order valence-electron chi connectivity index (χ1n) is 6.73. The molecule has 0 aliphatic carbocycles. The zero-order valence-corrected chi connectivity index (χ0v) is 11.9. The molecule has 0 amide bonds. The molecule has 0 atom stereocenters. The van der Waals surface area contributed by atoms with Crippen LogP contribution in [0.5, 0.6) is 0 Å². The standard InChI is InChI=1S/C17H13N3O2/c1-11-5-6-14(19-10-11)16-9-12(17(21)22)8-15(20-16)13-4-2-3-7-18-13/h2-10H,1H3,(H,21,22). The minimum Gasteiger partial charge on any atom is -0.478 e. The Balaban J connectivity index is 2.16. The summed E-state index contributed by atoms with van der Waals surface area (Å²) in [5.74, 6) is -1.01. The maximum atomic E-state index is 11.4. The van der Waals surface area contributed by atoms with E-state index in [-0.39, 0.29) is 5.56 Å². The minimum absolute atomic E-state index is 0.160. The molecule has 3 aromatic rings. The molecule has 108 valence electrons. The van der Waals surface area contributed by atoms with E-state index in [2.05, 4.69) is 15.0 Å². The monoisotopic (exact) mass is 291 g/mol. The van der Waals surface area contributed by atoms with Crippen LogP contribution < -0.4 is 0 Å². The molecular formula is C17H13N3O2. The largest absolute Gasteiger partial charge is 0.478 e. The zero-order chi connectivity index (χ0) is 15.5. The smallest absolute Gasteiger partial charge is 0.335 e. The second-order valence-electron chi connectivity index (χ2n) is 4.87. The summed E-state index contributed by atoms with van der Waals surface area (Å²) in [6, 6.07) is 12.2. The van der Waals surface area contributed by atoms with Gasteiger partial charge in [0.25, 0.3) is 0 Å². The predicted octanol–water partition coefficient (Wildman–Crippen LogP) is 3.21. The fraction of sp³-hybridized carbons (Fsp3) is 0.0588. The third-order valence-corrected chi connectivity index (χ3v) is 3.17. The van der Waals surface area contributed by atoms with Gasteiger partial charge in [0.05, 0.1) is 28.3 Å². The number of carboxylic acid groups (broad SMARTS) is 1. The summed E-state index contributed by atoms with van der Waals surface area (Å²) in [6.07, 6.45) is 3.37. The number of aromatic nitrogens is 3. The Morgan fingerprint density at radius 1 is 0.955 bits per heavy atom. The first kappa shape index (κ1) is 13.9. The average molecular weight is 291 g/mol. The summed E-state index contributed by atoms with van der Waals surface area (Å²) in [5.41, 5.74) is 3.47. The van der Waals surface area contributed by atoms with Crippen molar-refractivity contribution in [1.29, 1.82) is 0 Å². The van der Waals surface area contributed by atoms with Crippen LogP contribution in [0, 0.1) is 6.92 Å². The lowest BCUT2D eigenvalue weighted by Gasteiger charge is -2.06. The molecule has 0 saturated carbocycles. The van der Waals surface area contributed by atoms with Gasteiger partial charge in [0.2, 0.25) is 0 Å². The lowest BCUT2D eigenvalue weighted by atomic mass is 10.1. The summed E-state index contributed by atoms with van der Waals surface area (Å²) >= 11 is 0.